The number of hydrogen-bond donors (Lipinski definition) is 0. The quantitative estimate of drug-likeness (QED) is 0.0607. The van der Waals surface area contributed by atoms with Crippen LogP contribution in [0.15, 0.2) is 0 Å². The molecule has 0 saturated heterocycles. The third kappa shape index (κ3) is 19.9. The lowest BCUT2D eigenvalue weighted by atomic mass is 10.1. The summed E-state index contributed by atoms with van der Waals surface area (Å²) in [5.74, 6) is 8.08. The van der Waals surface area contributed by atoms with Crippen molar-refractivity contribution in [1.29, 1.82) is 0 Å². The number of rotatable bonds is 18. The van der Waals surface area contributed by atoms with Gasteiger partial charge in [0.05, 0.1) is 46.2 Å². The van der Waals surface area contributed by atoms with Crippen LogP contribution in [0, 0.1) is 29.6 Å². The van der Waals surface area contributed by atoms with Crippen LogP contribution in [-0.4, -0.2) is 81.6 Å². The summed E-state index contributed by atoms with van der Waals surface area (Å²) in [6.07, 6.45) is 4.39. The van der Waals surface area contributed by atoms with Gasteiger partial charge in [0.25, 0.3) is 0 Å². The summed E-state index contributed by atoms with van der Waals surface area (Å²) in [5.41, 5.74) is 0. The summed E-state index contributed by atoms with van der Waals surface area (Å²) >= 11 is 0. The molecule has 0 amide bonds. The van der Waals surface area contributed by atoms with Gasteiger partial charge < -0.3 is 27.8 Å². The van der Waals surface area contributed by atoms with Crippen LogP contribution < -0.4 is 0 Å². The van der Waals surface area contributed by atoms with Crippen molar-refractivity contribution in [2.75, 3.05) is 52.9 Å². The monoisotopic (exact) mass is 709 g/mol. The van der Waals surface area contributed by atoms with Gasteiger partial charge in [-0.2, -0.15) is 0 Å². The molecule has 7 nitrogen and oxygen atoms in total. The molecule has 0 heterocycles. The predicted octanol–water partition coefficient (Wildman–Crippen LogP) is 10.6. The molecular formula is C38H84O7Si2. The summed E-state index contributed by atoms with van der Waals surface area (Å²) < 4.78 is 35.9. The van der Waals surface area contributed by atoms with E-state index >= 15 is 0 Å². The first-order valence-electron chi connectivity index (χ1n) is 15.7. The van der Waals surface area contributed by atoms with E-state index in [0.29, 0.717) is 70.4 Å². The van der Waals surface area contributed by atoms with Crippen LogP contribution in [0.1, 0.15) is 118 Å². The predicted molar refractivity (Wildman–Crippen MR) is 210 cm³/mol. The fourth-order valence-corrected chi connectivity index (χ4v) is 6.73. The Balaban J connectivity index is -0.000000980. The molecule has 1 saturated carbocycles. The fraction of sp³-hybridized carbons (Fsp3) is 0.921. The Hall–Kier alpha value is -0.736. The zero-order valence-corrected chi connectivity index (χ0v) is 29.9. The largest absolute Gasteiger partial charge is 0.463 e. The molecule has 2 rings (SSSR count). The third-order valence-electron chi connectivity index (χ3n) is 9.54. The van der Waals surface area contributed by atoms with Crippen LogP contribution in [0.3, 0.4) is 0 Å². The zero-order chi connectivity index (χ0) is 30.7. The molecule has 2 unspecified atom stereocenters. The van der Waals surface area contributed by atoms with Gasteiger partial charge in [-0.3, -0.25) is 4.79 Å². The van der Waals surface area contributed by atoms with E-state index in [9.17, 15) is 4.79 Å². The number of fused-ring (bicyclic) bond motifs is 1. The average molecular weight is 709 g/mol. The van der Waals surface area contributed by atoms with Crippen LogP contribution in [-0.2, 0) is 32.6 Å². The number of carbonyl (C=O) groups is 1. The van der Waals surface area contributed by atoms with Crippen LogP contribution in [0.5, 0.6) is 0 Å². The van der Waals surface area contributed by atoms with Crippen molar-refractivity contribution in [3.8, 4) is 11.8 Å². The van der Waals surface area contributed by atoms with E-state index < -0.39 is 16.6 Å². The molecule has 1 fully saturated rings. The Labute approximate surface area is 297 Å². The SMILES string of the molecule is C.C.C.C.C.C.CC(C)(C)[Si](C)(C)OCCOCC(COCCO[Si](C)(C)C(C)(C)C)OCCOC(=O)CC1C2CCC#CCCC21. The molecule has 0 aromatic carbocycles. The Morgan fingerprint density at radius 3 is 1.45 bits per heavy atom. The second-order valence-corrected chi connectivity index (χ2v) is 24.3. The molecule has 9 heteroatoms. The normalized spacial score (nSPS) is 18.7. The van der Waals surface area contributed by atoms with Crippen molar-refractivity contribution in [1.82, 2.24) is 0 Å². The summed E-state index contributed by atoms with van der Waals surface area (Å²) in [6, 6.07) is 0. The van der Waals surface area contributed by atoms with Crippen molar-refractivity contribution in [2.45, 2.75) is 161 Å². The van der Waals surface area contributed by atoms with E-state index in [0.717, 1.165) is 25.7 Å². The van der Waals surface area contributed by atoms with E-state index in [2.05, 4.69) is 79.6 Å². The van der Waals surface area contributed by atoms with E-state index in [-0.39, 0.29) is 73.3 Å². The number of hydrogen-bond acceptors (Lipinski definition) is 7. The van der Waals surface area contributed by atoms with Crippen LogP contribution in [0.4, 0.5) is 0 Å². The van der Waals surface area contributed by atoms with Crippen molar-refractivity contribution in [3.63, 3.8) is 0 Å². The van der Waals surface area contributed by atoms with Crippen molar-refractivity contribution in [2.24, 2.45) is 17.8 Å². The van der Waals surface area contributed by atoms with Gasteiger partial charge in [0.1, 0.15) is 12.7 Å². The highest BCUT2D eigenvalue weighted by Gasteiger charge is 2.49. The molecule has 2 aliphatic rings. The summed E-state index contributed by atoms with van der Waals surface area (Å²) in [7, 11) is -3.60. The van der Waals surface area contributed by atoms with Gasteiger partial charge >= 0.3 is 5.97 Å². The first-order chi connectivity index (χ1) is 19.1. The Morgan fingerprint density at radius 1 is 0.660 bits per heavy atom. The highest BCUT2D eigenvalue weighted by atomic mass is 28.4. The van der Waals surface area contributed by atoms with E-state index in [1.807, 2.05) is 0 Å². The first-order valence-corrected chi connectivity index (χ1v) is 21.5. The number of esters is 1. The molecule has 0 aliphatic heterocycles. The molecule has 0 spiro atoms. The maximum atomic E-state index is 12.5. The lowest BCUT2D eigenvalue weighted by Gasteiger charge is -2.36. The molecule has 2 atom stereocenters. The summed E-state index contributed by atoms with van der Waals surface area (Å²) in [4.78, 5) is 12.5. The zero-order valence-electron chi connectivity index (χ0n) is 27.9. The van der Waals surface area contributed by atoms with E-state index in [1.54, 1.807) is 0 Å². The minimum absolute atomic E-state index is 0. The Bertz CT molecular complexity index is 799. The van der Waals surface area contributed by atoms with Crippen molar-refractivity contribution in [3.05, 3.63) is 0 Å². The number of ether oxygens (including phenoxy) is 4. The first kappa shape index (κ1) is 55.7. The standard InChI is InChI=1S/C32H60O7Si2.6CH4/c1-31(2,3)40(7,8)38-21-17-34-24-26(25-35-18-22-39-41(9,10)32(4,5)6)36-19-20-37-30(33)23-29-27-15-13-11-12-14-16-28(27)29;;;;;;/h26-29H,13-25H2,1-10H3;6*1H4. The highest BCUT2D eigenvalue weighted by molar-refractivity contribution is 6.74. The van der Waals surface area contributed by atoms with Gasteiger partial charge in [-0.1, -0.05) is 86.1 Å². The second-order valence-electron chi connectivity index (χ2n) is 14.7. The number of carbonyl (C=O) groups excluding carboxylic acids is 1. The van der Waals surface area contributed by atoms with Gasteiger partial charge in [0.15, 0.2) is 16.6 Å². The van der Waals surface area contributed by atoms with Crippen molar-refractivity contribution < 1.29 is 32.6 Å². The molecule has 2 aliphatic carbocycles. The molecule has 0 N–H and O–H groups in total. The molecule has 0 radical (unpaired) electrons. The van der Waals surface area contributed by atoms with Gasteiger partial charge in [0.2, 0.25) is 0 Å². The van der Waals surface area contributed by atoms with Gasteiger partial charge in [-0.25, -0.2) is 0 Å². The fourth-order valence-electron chi connectivity index (χ4n) is 4.68. The smallest absolute Gasteiger partial charge is 0.306 e. The van der Waals surface area contributed by atoms with Crippen LogP contribution in [0.25, 0.3) is 0 Å². The van der Waals surface area contributed by atoms with Crippen LogP contribution in [0.2, 0.25) is 36.3 Å². The molecular weight excluding hydrogens is 625 g/mol. The van der Waals surface area contributed by atoms with Gasteiger partial charge in [-0.05, 0) is 66.9 Å². The highest BCUT2D eigenvalue weighted by Crippen LogP contribution is 2.54. The molecule has 0 aromatic heterocycles. The average Bonchev–Trinajstić information content (AvgIpc) is 3.46. The topological polar surface area (TPSA) is 72.5 Å². The molecule has 0 bridgehead atoms. The Kier molecular flexibility index (Phi) is 29.9. The lowest BCUT2D eigenvalue weighted by Crippen LogP contribution is -2.42. The maximum Gasteiger partial charge on any atom is 0.306 e. The maximum absolute atomic E-state index is 12.5. The lowest BCUT2D eigenvalue weighted by molar-refractivity contribution is -0.147. The second kappa shape index (κ2) is 25.3. The summed E-state index contributed by atoms with van der Waals surface area (Å²) in [6.45, 7) is 25.9. The molecule has 0 aromatic rings. The van der Waals surface area contributed by atoms with Crippen molar-refractivity contribution >= 4 is 22.6 Å². The third-order valence-corrected chi connectivity index (χ3v) is 18.6. The van der Waals surface area contributed by atoms with Crippen LogP contribution >= 0.6 is 0 Å². The van der Waals surface area contributed by atoms with Gasteiger partial charge in [0, 0.05) is 19.3 Å². The minimum Gasteiger partial charge on any atom is -0.463 e. The molecule has 47 heavy (non-hydrogen) atoms. The van der Waals surface area contributed by atoms with Gasteiger partial charge in [-0.15, -0.1) is 11.8 Å². The minimum atomic E-state index is -1.80. The van der Waals surface area contributed by atoms with E-state index in [4.69, 9.17) is 27.8 Å². The molecule has 286 valence electrons. The van der Waals surface area contributed by atoms with E-state index in [1.165, 1.54) is 0 Å². The Morgan fingerprint density at radius 2 is 1.06 bits per heavy atom. The summed E-state index contributed by atoms with van der Waals surface area (Å²) in [5, 5.41) is 0.335.